The molecule has 1 atom stereocenters. The standard InChI is InChI=1S/C21H28N4O2/c1-15-7-5-9-18(23-15)24-19-13-16(10-11-22-19)17-8-6-12-25(14-17)20(26)21(2,3)27-4/h5,7,9-11,13,17H,6,8,12,14H2,1-4H3,(H,22,23,24). The third kappa shape index (κ3) is 4.63. The molecule has 0 bridgehead atoms. The number of piperidine rings is 1. The number of carbonyl (C=O) groups excluding carboxylic acids is 1. The van der Waals surface area contributed by atoms with Crippen molar-refractivity contribution in [2.75, 3.05) is 25.5 Å². The molecule has 1 saturated heterocycles. The van der Waals surface area contributed by atoms with Crippen LogP contribution in [0.2, 0.25) is 0 Å². The molecule has 144 valence electrons. The van der Waals surface area contributed by atoms with Crippen LogP contribution in [0, 0.1) is 6.92 Å². The fraction of sp³-hybridized carbons (Fsp3) is 0.476. The van der Waals surface area contributed by atoms with Gasteiger partial charge in [-0.2, -0.15) is 0 Å². The Bertz CT molecular complexity index is 806. The van der Waals surface area contributed by atoms with Gasteiger partial charge in [-0.15, -0.1) is 0 Å². The Labute approximate surface area is 161 Å². The Balaban J connectivity index is 1.73. The lowest BCUT2D eigenvalue weighted by molar-refractivity contribution is -0.152. The summed E-state index contributed by atoms with van der Waals surface area (Å²) in [5, 5.41) is 3.27. The zero-order valence-corrected chi connectivity index (χ0v) is 16.5. The molecule has 2 aromatic heterocycles. The first kappa shape index (κ1) is 19.3. The second-order valence-corrected chi connectivity index (χ2v) is 7.57. The van der Waals surface area contributed by atoms with Crippen molar-refractivity contribution in [3.8, 4) is 0 Å². The van der Waals surface area contributed by atoms with Gasteiger partial charge < -0.3 is 15.0 Å². The summed E-state index contributed by atoms with van der Waals surface area (Å²) in [5.41, 5.74) is 1.36. The summed E-state index contributed by atoms with van der Waals surface area (Å²) in [6, 6.07) is 9.95. The summed E-state index contributed by atoms with van der Waals surface area (Å²) in [5.74, 6) is 1.89. The minimum atomic E-state index is -0.788. The van der Waals surface area contributed by atoms with Crippen LogP contribution in [0.3, 0.4) is 0 Å². The average molecular weight is 368 g/mol. The van der Waals surface area contributed by atoms with Crippen molar-refractivity contribution in [2.24, 2.45) is 0 Å². The quantitative estimate of drug-likeness (QED) is 0.872. The number of ether oxygens (including phenoxy) is 1. The number of carbonyl (C=O) groups is 1. The van der Waals surface area contributed by atoms with Crippen LogP contribution in [0.25, 0.3) is 0 Å². The van der Waals surface area contributed by atoms with Gasteiger partial charge in [0, 0.05) is 38.0 Å². The molecular weight excluding hydrogens is 340 g/mol. The molecule has 0 aliphatic carbocycles. The fourth-order valence-corrected chi connectivity index (χ4v) is 3.41. The highest BCUT2D eigenvalue weighted by atomic mass is 16.5. The Morgan fingerprint density at radius 3 is 2.85 bits per heavy atom. The van der Waals surface area contributed by atoms with E-state index in [1.807, 2.05) is 56.1 Å². The molecule has 6 nitrogen and oxygen atoms in total. The SMILES string of the molecule is COC(C)(C)C(=O)N1CCCC(c2ccnc(Nc3cccc(C)n3)c2)C1. The molecule has 1 amide bonds. The van der Waals surface area contributed by atoms with Crippen LogP contribution < -0.4 is 5.32 Å². The summed E-state index contributed by atoms with van der Waals surface area (Å²) in [6.07, 6.45) is 3.86. The smallest absolute Gasteiger partial charge is 0.254 e. The molecule has 1 fully saturated rings. The largest absolute Gasteiger partial charge is 0.369 e. The van der Waals surface area contributed by atoms with Crippen LogP contribution in [0.15, 0.2) is 36.5 Å². The molecule has 1 aliphatic rings. The minimum Gasteiger partial charge on any atom is -0.369 e. The van der Waals surface area contributed by atoms with Gasteiger partial charge in [0.05, 0.1) is 0 Å². The minimum absolute atomic E-state index is 0.0473. The second kappa shape index (κ2) is 8.05. The third-order valence-electron chi connectivity index (χ3n) is 5.13. The number of hydrogen-bond donors (Lipinski definition) is 1. The number of nitrogens with one attached hydrogen (secondary N) is 1. The van der Waals surface area contributed by atoms with E-state index in [1.54, 1.807) is 7.11 Å². The van der Waals surface area contributed by atoms with E-state index < -0.39 is 5.60 Å². The predicted molar refractivity (Wildman–Crippen MR) is 106 cm³/mol. The normalized spacial score (nSPS) is 17.6. The highest BCUT2D eigenvalue weighted by Gasteiger charge is 2.34. The predicted octanol–water partition coefficient (Wildman–Crippen LogP) is 3.66. The Morgan fingerprint density at radius 1 is 1.30 bits per heavy atom. The van der Waals surface area contributed by atoms with Gasteiger partial charge in [0.1, 0.15) is 17.2 Å². The molecule has 0 spiro atoms. The summed E-state index contributed by atoms with van der Waals surface area (Å²) in [6.45, 7) is 7.10. The highest BCUT2D eigenvalue weighted by molar-refractivity contribution is 5.84. The molecule has 2 aromatic rings. The maximum absolute atomic E-state index is 12.7. The summed E-state index contributed by atoms with van der Waals surface area (Å²) >= 11 is 0. The van der Waals surface area contributed by atoms with Gasteiger partial charge in [-0.05, 0) is 63.4 Å². The summed E-state index contributed by atoms with van der Waals surface area (Å²) < 4.78 is 5.37. The number of aryl methyl sites for hydroxylation is 1. The Hall–Kier alpha value is -2.47. The maximum atomic E-state index is 12.7. The van der Waals surface area contributed by atoms with Gasteiger partial charge in [0.2, 0.25) is 0 Å². The maximum Gasteiger partial charge on any atom is 0.254 e. The molecule has 3 heterocycles. The van der Waals surface area contributed by atoms with Gasteiger partial charge in [0.15, 0.2) is 0 Å². The van der Waals surface area contributed by atoms with Crippen LogP contribution in [0.1, 0.15) is 43.9 Å². The van der Waals surface area contributed by atoms with Gasteiger partial charge in [-0.25, -0.2) is 9.97 Å². The number of likely N-dealkylation sites (tertiary alicyclic amines) is 1. The molecule has 27 heavy (non-hydrogen) atoms. The van der Waals surface area contributed by atoms with Crippen molar-refractivity contribution < 1.29 is 9.53 Å². The number of methoxy groups -OCH3 is 1. The van der Waals surface area contributed by atoms with Gasteiger partial charge in [0.25, 0.3) is 5.91 Å². The first-order valence-electron chi connectivity index (χ1n) is 9.40. The Kier molecular flexibility index (Phi) is 5.75. The van der Waals surface area contributed by atoms with E-state index in [0.29, 0.717) is 12.5 Å². The lowest BCUT2D eigenvalue weighted by Gasteiger charge is -2.37. The zero-order valence-electron chi connectivity index (χ0n) is 16.5. The number of nitrogens with zero attached hydrogens (tertiary/aromatic N) is 3. The van der Waals surface area contributed by atoms with Crippen LogP contribution in [-0.2, 0) is 9.53 Å². The summed E-state index contributed by atoms with van der Waals surface area (Å²) in [4.78, 5) is 23.5. The van der Waals surface area contributed by atoms with Crippen molar-refractivity contribution in [3.05, 3.63) is 47.8 Å². The van der Waals surface area contributed by atoms with Crippen LogP contribution in [0.5, 0.6) is 0 Å². The van der Waals surface area contributed by atoms with E-state index in [2.05, 4.69) is 21.4 Å². The first-order valence-corrected chi connectivity index (χ1v) is 9.40. The van der Waals surface area contributed by atoms with Gasteiger partial charge in [-0.3, -0.25) is 4.79 Å². The molecule has 0 saturated carbocycles. The van der Waals surface area contributed by atoms with E-state index in [1.165, 1.54) is 5.56 Å². The van der Waals surface area contributed by atoms with Crippen molar-refractivity contribution in [3.63, 3.8) is 0 Å². The second-order valence-electron chi connectivity index (χ2n) is 7.57. The van der Waals surface area contributed by atoms with E-state index in [0.717, 1.165) is 36.7 Å². The number of rotatable bonds is 5. The lowest BCUT2D eigenvalue weighted by atomic mass is 9.90. The van der Waals surface area contributed by atoms with E-state index >= 15 is 0 Å². The zero-order chi connectivity index (χ0) is 19.4. The molecule has 1 N–H and O–H groups in total. The molecule has 0 aromatic carbocycles. The van der Waals surface area contributed by atoms with Gasteiger partial charge in [-0.1, -0.05) is 6.07 Å². The van der Waals surface area contributed by atoms with Crippen molar-refractivity contribution in [1.29, 1.82) is 0 Å². The number of anilines is 2. The molecule has 1 aliphatic heterocycles. The number of hydrogen-bond acceptors (Lipinski definition) is 5. The molecule has 6 heteroatoms. The average Bonchev–Trinajstić information content (AvgIpc) is 2.68. The highest BCUT2D eigenvalue weighted by Crippen LogP contribution is 2.30. The van der Waals surface area contributed by atoms with Crippen molar-refractivity contribution >= 4 is 17.5 Å². The third-order valence-corrected chi connectivity index (χ3v) is 5.13. The topological polar surface area (TPSA) is 67.3 Å². The van der Waals surface area contributed by atoms with E-state index in [-0.39, 0.29) is 5.91 Å². The van der Waals surface area contributed by atoms with Crippen molar-refractivity contribution in [2.45, 2.75) is 45.1 Å². The molecule has 0 radical (unpaired) electrons. The number of amides is 1. The molecule has 1 unspecified atom stereocenters. The van der Waals surface area contributed by atoms with E-state index in [4.69, 9.17) is 4.74 Å². The number of aromatic nitrogens is 2. The molecule has 3 rings (SSSR count). The van der Waals surface area contributed by atoms with Crippen molar-refractivity contribution in [1.82, 2.24) is 14.9 Å². The van der Waals surface area contributed by atoms with E-state index in [9.17, 15) is 4.79 Å². The van der Waals surface area contributed by atoms with Gasteiger partial charge >= 0.3 is 0 Å². The number of pyridine rings is 2. The lowest BCUT2D eigenvalue weighted by Crippen LogP contribution is -2.49. The van der Waals surface area contributed by atoms with Crippen LogP contribution in [0.4, 0.5) is 11.6 Å². The monoisotopic (exact) mass is 368 g/mol. The van der Waals surface area contributed by atoms with Crippen LogP contribution in [-0.4, -0.2) is 46.6 Å². The first-order chi connectivity index (χ1) is 12.9. The summed E-state index contributed by atoms with van der Waals surface area (Å²) in [7, 11) is 1.58. The van der Waals surface area contributed by atoms with Crippen LogP contribution >= 0.6 is 0 Å². The Morgan fingerprint density at radius 2 is 2.11 bits per heavy atom. The molecular formula is C21H28N4O2. The fourth-order valence-electron chi connectivity index (χ4n) is 3.41.